The van der Waals surface area contributed by atoms with E-state index in [9.17, 15) is 0 Å². The van der Waals surface area contributed by atoms with Crippen LogP contribution in [0.3, 0.4) is 0 Å². The Balaban J connectivity index is 2.12. The van der Waals surface area contributed by atoms with Crippen LogP contribution in [-0.2, 0) is 13.1 Å². The van der Waals surface area contributed by atoms with Crippen LogP contribution < -0.4 is 10.1 Å². The zero-order valence-corrected chi connectivity index (χ0v) is 10.6. The molecule has 18 heavy (non-hydrogen) atoms. The van der Waals surface area contributed by atoms with Gasteiger partial charge in [-0.2, -0.15) is 5.10 Å². The Kier molecular flexibility index (Phi) is 4.25. The zero-order valence-electron chi connectivity index (χ0n) is 10.6. The first-order chi connectivity index (χ1) is 8.83. The third kappa shape index (κ3) is 3.04. The molecule has 0 bridgehead atoms. The van der Waals surface area contributed by atoms with Crippen LogP contribution in [0.4, 0.5) is 0 Å². The molecular weight excluding hydrogens is 230 g/mol. The molecule has 0 aliphatic carbocycles. The van der Waals surface area contributed by atoms with E-state index in [0.29, 0.717) is 18.2 Å². The molecule has 0 amide bonds. The summed E-state index contributed by atoms with van der Waals surface area (Å²) in [5.41, 5.74) is 0.920. The van der Waals surface area contributed by atoms with Gasteiger partial charge >= 0.3 is 0 Å². The van der Waals surface area contributed by atoms with Crippen LogP contribution in [0.1, 0.15) is 18.9 Å². The van der Waals surface area contributed by atoms with Gasteiger partial charge in [0, 0.05) is 24.8 Å². The summed E-state index contributed by atoms with van der Waals surface area (Å²) in [4.78, 5) is 8.13. The molecule has 0 aliphatic heterocycles. The average Bonchev–Trinajstić information content (AvgIpc) is 2.80. The molecule has 0 saturated carbocycles. The molecule has 0 fully saturated rings. The summed E-state index contributed by atoms with van der Waals surface area (Å²) in [6.07, 6.45) is 7.83. The van der Waals surface area contributed by atoms with Gasteiger partial charge in [-0.15, -0.1) is 0 Å². The predicted octanol–water partition coefficient (Wildman–Crippen LogP) is 1.59. The summed E-state index contributed by atoms with van der Waals surface area (Å²) in [5.74, 6) is 1.26. The molecule has 6 nitrogen and oxygen atoms in total. The third-order valence-electron chi connectivity index (χ3n) is 2.39. The van der Waals surface area contributed by atoms with E-state index in [1.807, 2.05) is 17.9 Å². The quantitative estimate of drug-likeness (QED) is 0.839. The topological polar surface area (TPSA) is 64.9 Å². The number of nitrogens with zero attached hydrogens (tertiary/aromatic N) is 4. The van der Waals surface area contributed by atoms with Crippen molar-refractivity contribution in [2.24, 2.45) is 0 Å². The molecule has 2 rings (SSSR count). The van der Waals surface area contributed by atoms with Crippen LogP contribution in [-0.4, -0.2) is 26.8 Å². The lowest BCUT2D eigenvalue weighted by molar-refractivity contribution is 0.451. The summed E-state index contributed by atoms with van der Waals surface area (Å²) in [6.45, 7) is 3.66. The Morgan fingerprint density at radius 1 is 1.39 bits per heavy atom. The maximum Gasteiger partial charge on any atom is 0.226 e. The zero-order chi connectivity index (χ0) is 12.8. The van der Waals surface area contributed by atoms with E-state index < -0.39 is 0 Å². The summed E-state index contributed by atoms with van der Waals surface area (Å²) < 4.78 is 7.57. The number of hydrogen-bond donors (Lipinski definition) is 1. The van der Waals surface area contributed by atoms with Gasteiger partial charge in [0.15, 0.2) is 5.75 Å². The van der Waals surface area contributed by atoms with E-state index in [2.05, 4.69) is 27.3 Å². The number of aromatic nitrogens is 4. The lowest BCUT2D eigenvalue weighted by Crippen LogP contribution is -2.07. The second kappa shape index (κ2) is 6.11. The molecular formula is C12H17N5O. The molecule has 1 N–H and O–H groups in total. The minimum Gasteiger partial charge on any atom is -0.435 e. The first-order valence-electron chi connectivity index (χ1n) is 5.97. The van der Waals surface area contributed by atoms with Crippen molar-refractivity contribution in [1.82, 2.24) is 25.1 Å². The summed E-state index contributed by atoms with van der Waals surface area (Å²) in [6, 6.07) is 0. The fourth-order valence-corrected chi connectivity index (χ4v) is 1.61. The highest BCUT2D eigenvalue weighted by Gasteiger charge is 2.07. The van der Waals surface area contributed by atoms with E-state index in [1.54, 1.807) is 12.4 Å². The van der Waals surface area contributed by atoms with Gasteiger partial charge in [-0.25, -0.2) is 9.97 Å². The van der Waals surface area contributed by atoms with Gasteiger partial charge in [-0.1, -0.05) is 6.92 Å². The normalized spacial score (nSPS) is 10.6. The van der Waals surface area contributed by atoms with Crippen molar-refractivity contribution in [2.45, 2.75) is 26.4 Å². The first kappa shape index (κ1) is 12.5. The highest BCUT2D eigenvalue weighted by Crippen LogP contribution is 2.21. The molecule has 0 radical (unpaired) electrons. The smallest absolute Gasteiger partial charge is 0.226 e. The fraction of sp³-hybridized carbons (Fsp3) is 0.417. The van der Waals surface area contributed by atoms with E-state index >= 15 is 0 Å². The standard InChI is InChI=1S/C12H17N5O/c1-3-4-17-8-11(7-16-17)18-12-10(5-13-2)6-14-9-15-12/h6-9,13H,3-5H2,1-2H3. The molecule has 0 aliphatic rings. The van der Waals surface area contributed by atoms with Crippen molar-refractivity contribution in [3.05, 3.63) is 30.5 Å². The number of ether oxygens (including phenoxy) is 1. The van der Waals surface area contributed by atoms with Crippen LogP contribution in [0.5, 0.6) is 11.6 Å². The molecule has 0 saturated heterocycles. The molecule has 2 heterocycles. The van der Waals surface area contributed by atoms with Crippen LogP contribution in [0.25, 0.3) is 0 Å². The maximum absolute atomic E-state index is 5.71. The average molecular weight is 247 g/mol. The Labute approximate surface area is 106 Å². The third-order valence-corrected chi connectivity index (χ3v) is 2.39. The van der Waals surface area contributed by atoms with E-state index in [-0.39, 0.29) is 0 Å². The lowest BCUT2D eigenvalue weighted by atomic mass is 10.3. The Hall–Kier alpha value is -1.95. The molecule has 96 valence electrons. The van der Waals surface area contributed by atoms with Gasteiger partial charge in [-0.3, -0.25) is 4.68 Å². The summed E-state index contributed by atoms with van der Waals surface area (Å²) in [7, 11) is 1.87. The van der Waals surface area contributed by atoms with Crippen molar-refractivity contribution in [2.75, 3.05) is 7.05 Å². The lowest BCUT2D eigenvalue weighted by Gasteiger charge is -2.06. The number of aryl methyl sites for hydroxylation is 1. The number of hydrogen-bond acceptors (Lipinski definition) is 5. The monoisotopic (exact) mass is 247 g/mol. The largest absolute Gasteiger partial charge is 0.435 e. The maximum atomic E-state index is 5.71. The second-order valence-corrected chi connectivity index (χ2v) is 3.92. The van der Waals surface area contributed by atoms with Crippen LogP contribution in [0.15, 0.2) is 24.9 Å². The minimum absolute atomic E-state index is 0.565. The molecule has 0 aromatic carbocycles. The van der Waals surface area contributed by atoms with Crippen LogP contribution >= 0.6 is 0 Å². The number of rotatable bonds is 6. The van der Waals surface area contributed by atoms with E-state index in [4.69, 9.17) is 4.74 Å². The van der Waals surface area contributed by atoms with Crippen molar-refractivity contribution in [1.29, 1.82) is 0 Å². The Bertz CT molecular complexity index is 497. The van der Waals surface area contributed by atoms with Crippen LogP contribution in [0.2, 0.25) is 0 Å². The molecule has 2 aromatic rings. The molecule has 0 unspecified atom stereocenters. The van der Waals surface area contributed by atoms with Crippen molar-refractivity contribution in [3.8, 4) is 11.6 Å². The van der Waals surface area contributed by atoms with Gasteiger partial charge in [0.25, 0.3) is 0 Å². The van der Waals surface area contributed by atoms with Gasteiger partial charge in [-0.05, 0) is 13.5 Å². The minimum atomic E-state index is 0.565. The predicted molar refractivity (Wildman–Crippen MR) is 67.4 cm³/mol. The van der Waals surface area contributed by atoms with Crippen molar-refractivity contribution in [3.63, 3.8) is 0 Å². The van der Waals surface area contributed by atoms with Gasteiger partial charge in [0.1, 0.15) is 6.33 Å². The highest BCUT2D eigenvalue weighted by molar-refractivity contribution is 5.27. The van der Waals surface area contributed by atoms with Crippen LogP contribution in [0, 0.1) is 0 Å². The Morgan fingerprint density at radius 3 is 3.06 bits per heavy atom. The molecule has 0 atom stereocenters. The van der Waals surface area contributed by atoms with Crippen molar-refractivity contribution >= 4 is 0 Å². The van der Waals surface area contributed by atoms with Crippen molar-refractivity contribution < 1.29 is 4.74 Å². The summed E-state index contributed by atoms with van der Waals surface area (Å²) in [5, 5.41) is 7.27. The fourth-order valence-electron chi connectivity index (χ4n) is 1.61. The van der Waals surface area contributed by atoms with Gasteiger partial charge in [0.2, 0.25) is 5.88 Å². The first-order valence-corrected chi connectivity index (χ1v) is 5.97. The van der Waals surface area contributed by atoms with E-state index in [1.165, 1.54) is 6.33 Å². The Morgan fingerprint density at radius 2 is 2.28 bits per heavy atom. The summed E-state index contributed by atoms with van der Waals surface area (Å²) >= 11 is 0. The SMILES string of the molecule is CCCn1cc(Oc2ncncc2CNC)cn1. The molecule has 0 spiro atoms. The number of nitrogens with one attached hydrogen (secondary N) is 1. The molecule has 6 heteroatoms. The van der Waals surface area contributed by atoms with E-state index in [0.717, 1.165) is 18.5 Å². The van der Waals surface area contributed by atoms with Gasteiger partial charge < -0.3 is 10.1 Å². The highest BCUT2D eigenvalue weighted by atomic mass is 16.5. The molecule has 2 aromatic heterocycles. The van der Waals surface area contributed by atoms with Gasteiger partial charge in [0.05, 0.1) is 12.4 Å². The second-order valence-electron chi connectivity index (χ2n) is 3.92.